The van der Waals surface area contributed by atoms with Gasteiger partial charge in [0.25, 0.3) is 11.6 Å². The molecule has 0 N–H and O–H groups in total. The highest BCUT2D eigenvalue weighted by Gasteiger charge is 2.59. The lowest BCUT2D eigenvalue weighted by Crippen LogP contribution is -2.55. The second-order valence-corrected chi connectivity index (χ2v) is 7.62. The summed E-state index contributed by atoms with van der Waals surface area (Å²) >= 11 is 5.49. The Morgan fingerprint density at radius 2 is 1.74 bits per heavy atom. The highest BCUT2D eigenvalue weighted by molar-refractivity contribution is 7.81. The summed E-state index contributed by atoms with van der Waals surface area (Å²) in [4.78, 5) is 26.3. The number of non-ortho nitro benzene ring substituents is 1. The van der Waals surface area contributed by atoms with Gasteiger partial charge in [-0.05, 0) is 61.8 Å². The molecule has 2 aromatic carbocycles. The summed E-state index contributed by atoms with van der Waals surface area (Å²) in [5.74, 6) is -0.458. The van der Waals surface area contributed by atoms with Gasteiger partial charge in [-0.2, -0.15) is 18.4 Å². The van der Waals surface area contributed by atoms with Gasteiger partial charge in [-0.3, -0.25) is 19.8 Å². The second kappa shape index (κ2) is 7.02. The summed E-state index contributed by atoms with van der Waals surface area (Å²) in [5.41, 5.74) is -2.53. The van der Waals surface area contributed by atoms with Crippen LogP contribution in [-0.4, -0.2) is 21.5 Å². The summed E-state index contributed by atoms with van der Waals surface area (Å²) in [5, 5.41) is 19.9. The average molecular weight is 446 g/mol. The van der Waals surface area contributed by atoms with E-state index in [9.17, 15) is 28.1 Å². The molecule has 1 heterocycles. The molecule has 0 atom stereocenters. The molecular weight excluding hydrogens is 433 g/mol. The second-order valence-electron chi connectivity index (χ2n) is 7.26. The Morgan fingerprint density at radius 3 is 2.23 bits per heavy atom. The van der Waals surface area contributed by atoms with Gasteiger partial charge < -0.3 is 4.90 Å². The largest absolute Gasteiger partial charge is 0.417 e. The number of nitro benzene ring substituents is 1. The maximum absolute atomic E-state index is 13.4. The molecule has 1 aliphatic heterocycles. The standard InChI is InChI=1S/C20H13F3N4O3S/c21-20(22,23)16-10-15(3-2-12(16)11-24)25-17(28)19(8-1-9-19)26(18(25)31)13-4-6-14(7-5-13)27(29)30/h2-7,10H,1,8-9H2. The molecule has 2 aliphatic rings. The molecule has 2 fully saturated rings. The van der Waals surface area contributed by atoms with E-state index in [-0.39, 0.29) is 16.5 Å². The maximum atomic E-state index is 13.4. The van der Waals surface area contributed by atoms with Gasteiger partial charge in [-0.1, -0.05) is 0 Å². The van der Waals surface area contributed by atoms with E-state index in [0.717, 1.165) is 23.5 Å². The molecule has 11 heteroatoms. The molecule has 1 spiro atoms. The monoisotopic (exact) mass is 446 g/mol. The molecular formula is C20H13F3N4O3S. The Hall–Kier alpha value is -3.52. The Bertz CT molecular complexity index is 1150. The zero-order valence-corrected chi connectivity index (χ0v) is 16.5. The van der Waals surface area contributed by atoms with Crippen LogP contribution in [-0.2, 0) is 11.0 Å². The fourth-order valence-electron chi connectivity index (χ4n) is 3.93. The zero-order valence-electron chi connectivity index (χ0n) is 15.7. The first-order valence-corrected chi connectivity index (χ1v) is 9.55. The lowest BCUT2D eigenvalue weighted by atomic mass is 9.75. The van der Waals surface area contributed by atoms with Crippen molar-refractivity contribution in [3.63, 3.8) is 0 Å². The highest BCUT2D eigenvalue weighted by atomic mass is 32.1. The van der Waals surface area contributed by atoms with E-state index in [1.54, 1.807) is 4.90 Å². The summed E-state index contributed by atoms with van der Waals surface area (Å²) in [6, 6.07) is 9.99. The number of nitriles is 1. The van der Waals surface area contributed by atoms with Crippen molar-refractivity contribution in [2.24, 2.45) is 0 Å². The van der Waals surface area contributed by atoms with E-state index < -0.39 is 33.7 Å². The smallest absolute Gasteiger partial charge is 0.303 e. The van der Waals surface area contributed by atoms with Crippen molar-refractivity contribution >= 4 is 40.3 Å². The lowest BCUT2D eigenvalue weighted by Gasteiger charge is -2.43. The number of amides is 1. The number of rotatable bonds is 3. The summed E-state index contributed by atoms with van der Waals surface area (Å²) in [6.45, 7) is 0. The van der Waals surface area contributed by atoms with Crippen LogP contribution in [0.3, 0.4) is 0 Å². The van der Waals surface area contributed by atoms with Crippen molar-refractivity contribution in [2.75, 3.05) is 9.80 Å². The molecule has 2 aromatic rings. The fourth-order valence-corrected chi connectivity index (χ4v) is 4.40. The van der Waals surface area contributed by atoms with Crippen LogP contribution in [0.5, 0.6) is 0 Å². The number of nitro groups is 1. The normalized spacial score (nSPS) is 17.6. The molecule has 4 rings (SSSR count). The molecule has 0 bridgehead atoms. The van der Waals surface area contributed by atoms with Gasteiger partial charge in [0.2, 0.25) is 0 Å². The van der Waals surface area contributed by atoms with Crippen molar-refractivity contribution in [2.45, 2.75) is 31.0 Å². The Kier molecular flexibility index (Phi) is 4.70. The van der Waals surface area contributed by atoms with Crippen molar-refractivity contribution in [3.8, 4) is 6.07 Å². The minimum atomic E-state index is -4.78. The highest BCUT2D eigenvalue weighted by Crippen LogP contribution is 2.48. The predicted octanol–water partition coefficient (Wildman–Crippen LogP) is 4.55. The third-order valence-corrected chi connectivity index (χ3v) is 5.96. The van der Waals surface area contributed by atoms with Crippen molar-refractivity contribution in [1.82, 2.24) is 0 Å². The number of hydrogen-bond acceptors (Lipinski definition) is 5. The van der Waals surface area contributed by atoms with Crippen LogP contribution in [0.2, 0.25) is 0 Å². The maximum Gasteiger partial charge on any atom is 0.417 e. The van der Waals surface area contributed by atoms with Gasteiger partial charge in [-0.25, -0.2) is 0 Å². The third-order valence-electron chi connectivity index (χ3n) is 5.60. The quantitative estimate of drug-likeness (QED) is 0.391. The van der Waals surface area contributed by atoms with E-state index in [4.69, 9.17) is 17.5 Å². The molecule has 1 saturated heterocycles. The van der Waals surface area contributed by atoms with E-state index in [1.165, 1.54) is 36.4 Å². The number of halogens is 3. The minimum absolute atomic E-state index is 0.0172. The van der Waals surface area contributed by atoms with Crippen LogP contribution >= 0.6 is 12.2 Å². The SMILES string of the molecule is N#Cc1ccc(N2C(=O)C3(CCC3)N(c3ccc([N+](=O)[O-])cc3)C2=S)cc1C(F)(F)F. The molecule has 1 saturated carbocycles. The Morgan fingerprint density at radius 1 is 1.13 bits per heavy atom. The summed E-state index contributed by atoms with van der Waals surface area (Å²) in [7, 11) is 0. The fraction of sp³-hybridized carbons (Fsp3) is 0.250. The van der Waals surface area contributed by atoms with Crippen LogP contribution in [0.4, 0.5) is 30.2 Å². The number of nitrogens with zero attached hydrogens (tertiary/aromatic N) is 4. The van der Waals surface area contributed by atoms with Crippen LogP contribution in [0, 0.1) is 21.4 Å². The number of thiocarbonyl (C=S) groups is 1. The molecule has 1 aliphatic carbocycles. The number of hydrogen-bond donors (Lipinski definition) is 0. The van der Waals surface area contributed by atoms with Crippen molar-refractivity contribution < 1.29 is 22.9 Å². The van der Waals surface area contributed by atoms with Gasteiger partial charge in [0.1, 0.15) is 5.54 Å². The molecule has 0 unspecified atom stereocenters. The van der Waals surface area contributed by atoms with Gasteiger partial charge in [0.05, 0.1) is 27.8 Å². The van der Waals surface area contributed by atoms with Crippen LogP contribution in [0.25, 0.3) is 0 Å². The number of anilines is 2. The van der Waals surface area contributed by atoms with E-state index in [2.05, 4.69) is 0 Å². The molecule has 7 nitrogen and oxygen atoms in total. The lowest BCUT2D eigenvalue weighted by molar-refractivity contribution is -0.384. The van der Waals surface area contributed by atoms with Gasteiger partial charge in [0, 0.05) is 17.8 Å². The van der Waals surface area contributed by atoms with E-state index >= 15 is 0 Å². The Balaban J connectivity index is 1.80. The van der Waals surface area contributed by atoms with Gasteiger partial charge in [-0.15, -0.1) is 0 Å². The van der Waals surface area contributed by atoms with Gasteiger partial charge in [0.15, 0.2) is 5.11 Å². The summed E-state index contributed by atoms with van der Waals surface area (Å²) < 4.78 is 40.3. The predicted molar refractivity (Wildman–Crippen MR) is 108 cm³/mol. The topological polar surface area (TPSA) is 90.5 Å². The Labute approximate surface area is 179 Å². The van der Waals surface area contributed by atoms with Crippen LogP contribution in [0.1, 0.15) is 30.4 Å². The van der Waals surface area contributed by atoms with Crippen LogP contribution < -0.4 is 9.80 Å². The van der Waals surface area contributed by atoms with Crippen molar-refractivity contribution in [3.05, 3.63) is 63.7 Å². The molecule has 0 aromatic heterocycles. The van der Waals surface area contributed by atoms with Crippen LogP contribution in [0.15, 0.2) is 42.5 Å². The minimum Gasteiger partial charge on any atom is -0.303 e. The van der Waals surface area contributed by atoms with E-state index in [1.807, 2.05) is 0 Å². The molecule has 158 valence electrons. The number of carbonyl (C=O) groups is 1. The molecule has 0 radical (unpaired) electrons. The number of carbonyl (C=O) groups excluding carboxylic acids is 1. The molecule has 1 amide bonds. The average Bonchev–Trinajstić information content (AvgIpc) is 2.93. The number of alkyl halides is 3. The van der Waals surface area contributed by atoms with E-state index in [0.29, 0.717) is 18.5 Å². The third kappa shape index (κ3) is 3.11. The number of benzene rings is 2. The van der Waals surface area contributed by atoms with Crippen molar-refractivity contribution in [1.29, 1.82) is 5.26 Å². The molecule has 31 heavy (non-hydrogen) atoms. The summed E-state index contributed by atoms with van der Waals surface area (Å²) in [6.07, 6.45) is -3.16. The van der Waals surface area contributed by atoms with Gasteiger partial charge >= 0.3 is 6.18 Å². The zero-order chi connectivity index (χ0) is 22.6. The first-order chi connectivity index (χ1) is 14.6. The first kappa shape index (κ1) is 20.7. The first-order valence-electron chi connectivity index (χ1n) is 9.15.